The summed E-state index contributed by atoms with van der Waals surface area (Å²) in [6.45, 7) is 5.28. The summed E-state index contributed by atoms with van der Waals surface area (Å²) in [5, 5.41) is 11.4. The highest BCUT2D eigenvalue weighted by atomic mass is 16.6. The Morgan fingerprint density at radius 3 is 2.68 bits per heavy atom. The molecule has 0 unspecified atom stereocenters. The number of ether oxygens (including phenoxy) is 1. The van der Waals surface area contributed by atoms with Crippen LogP contribution in [0.4, 0.5) is 11.4 Å². The van der Waals surface area contributed by atoms with Gasteiger partial charge in [0.15, 0.2) is 5.75 Å². The average Bonchev–Trinajstić information content (AvgIpc) is 2.49. The molecule has 0 atom stereocenters. The fourth-order valence-electron chi connectivity index (χ4n) is 3.00. The highest BCUT2D eigenvalue weighted by molar-refractivity contribution is 5.69. The van der Waals surface area contributed by atoms with Crippen LogP contribution in [0.5, 0.6) is 5.75 Å². The first kappa shape index (κ1) is 16.5. The van der Waals surface area contributed by atoms with Gasteiger partial charge in [-0.05, 0) is 58.0 Å². The number of likely N-dealkylation sites (tertiary alicyclic amines) is 1. The standard InChI is InChI=1S/C16H25N3O3/c1-4-22-15-7-5-6-14(16(15)19(20)21)18(3)12-13-8-10-17(2)11-9-13/h5-7,13H,4,8-12H2,1-3H3. The number of benzene rings is 1. The van der Waals surface area contributed by atoms with Crippen LogP contribution in [0.3, 0.4) is 0 Å². The monoisotopic (exact) mass is 307 g/mol. The van der Waals surface area contributed by atoms with Crippen molar-refractivity contribution in [3.63, 3.8) is 0 Å². The summed E-state index contributed by atoms with van der Waals surface area (Å²) in [5.74, 6) is 0.928. The molecule has 122 valence electrons. The quantitative estimate of drug-likeness (QED) is 0.597. The molecule has 1 saturated heterocycles. The SMILES string of the molecule is CCOc1cccc(N(C)CC2CCN(C)CC2)c1[N+](=O)[O-]. The molecule has 0 spiro atoms. The van der Waals surface area contributed by atoms with Gasteiger partial charge in [0, 0.05) is 13.6 Å². The molecule has 1 aromatic carbocycles. The lowest BCUT2D eigenvalue weighted by Gasteiger charge is -2.32. The van der Waals surface area contributed by atoms with Gasteiger partial charge in [-0.2, -0.15) is 0 Å². The molecule has 6 nitrogen and oxygen atoms in total. The number of nitro benzene ring substituents is 1. The second-order valence-electron chi connectivity index (χ2n) is 5.94. The van der Waals surface area contributed by atoms with Gasteiger partial charge in [-0.1, -0.05) is 6.07 Å². The van der Waals surface area contributed by atoms with Gasteiger partial charge < -0.3 is 14.5 Å². The third-order valence-electron chi connectivity index (χ3n) is 4.24. The summed E-state index contributed by atoms with van der Waals surface area (Å²) in [6, 6.07) is 5.28. The van der Waals surface area contributed by atoms with Crippen LogP contribution >= 0.6 is 0 Å². The van der Waals surface area contributed by atoms with Crippen molar-refractivity contribution in [1.29, 1.82) is 0 Å². The Balaban J connectivity index is 2.16. The second-order valence-corrected chi connectivity index (χ2v) is 5.94. The van der Waals surface area contributed by atoms with Crippen LogP contribution in [0, 0.1) is 16.0 Å². The molecule has 0 aliphatic carbocycles. The summed E-state index contributed by atoms with van der Waals surface area (Å²) in [4.78, 5) is 15.4. The lowest BCUT2D eigenvalue weighted by Crippen LogP contribution is -2.35. The summed E-state index contributed by atoms with van der Waals surface area (Å²) in [6.07, 6.45) is 2.28. The van der Waals surface area contributed by atoms with E-state index in [9.17, 15) is 10.1 Å². The highest BCUT2D eigenvalue weighted by Crippen LogP contribution is 2.37. The topological polar surface area (TPSA) is 58.8 Å². The molecule has 2 rings (SSSR count). The molecule has 0 amide bonds. The van der Waals surface area contributed by atoms with Crippen molar-refractivity contribution in [2.45, 2.75) is 19.8 Å². The van der Waals surface area contributed by atoms with Gasteiger partial charge in [0.05, 0.1) is 11.5 Å². The van der Waals surface area contributed by atoms with E-state index in [1.54, 1.807) is 12.1 Å². The minimum absolute atomic E-state index is 0.0692. The van der Waals surface area contributed by atoms with Crippen LogP contribution in [-0.2, 0) is 0 Å². The minimum atomic E-state index is -0.342. The fraction of sp³-hybridized carbons (Fsp3) is 0.625. The third kappa shape index (κ3) is 3.88. The smallest absolute Gasteiger partial charge is 0.333 e. The Kier molecular flexibility index (Phi) is 5.60. The van der Waals surface area contributed by atoms with Crippen LogP contribution in [0.1, 0.15) is 19.8 Å². The van der Waals surface area contributed by atoms with Crippen LogP contribution in [0.25, 0.3) is 0 Å². The number of para-hydroxylation sites is 1. The number of nitro groups is 1. The molecule has 1 aliphatic heterocycles. The second kappa shape index (κ2) is 7.45. The van der Waals surface area contributed by atoms with E-state index in [4.69, 9.17) is 4.74 Å². The molecule has 0 N–H and O–H groups in total. The molecule has 0 radical (unpaired) electrons. The zero-order chi connectivity index (χ0) is 16.1. The Bertz CT molecular complexity index is 513. The molecule has 22 heavy (non-hydrogen) atoms. The predicted octanol–water partition coefficient (Wildman–Crippen LogP) is 2.77. The Hall–Kier alpha value is -1.82. The average molecular weight is 307 g/mol. The maximum Gasteiger partial charge on any atom is 0.333 e. The summed E-state index contributed by atoms with van der Waals surface area (Å²) in [7, 11) is 4.06. The normalized spacial score (nSPS) is 16.5. The highest BCUT2D eigenvalue weighted by Gasteiger charge is 2.25. The zero-order valence-electron chi connectivity index (χ0n) is 13.6. The molecule has 1 aromatic rings. The molecular formula is C16H25N3O3. The van der Waals surface area contributed by atoms with Gasteiger partial charge in [-0.15, -0.1) is 0 Å². The summed E-state index contributed by atoms with van der Waals surface area (Å²) < 4.78 is 5.42. The number of hydrogen-bond donors (Lipinski definition) is 0. The molecule has 0 saturated carbocycles. The van der Waals surface area contributed by atoms with E-state index < -0.39 is 0 Å². The van der Waals surface area contributed by atoms with Crippen LogP contribution in [0.2, 0.25) is 0 Å². The maximum atomic E-state index is 11.4. The van der Waals surface area contributed by atoms with Gasteiger partial charge in [0.25, 0.3) is 0 Å². The third-order valence-corrected chi connectivity index (χ3v) is 4.24. The van der Waals surface area contributed by atoms with E-state index in [-0.39, 0.29) is 10.6 Å². The fourth-order valence-corrected chi connectivity index (χ4v) is 3.00. The maximum absolute atomic E-state index is 11.4. The lowest BCUT2D eigenvalue weighted by atomic mass is 9.96. The number of nitrogens with zero attached hydrogens (tertiary/aromatic N) is 3. The first-order chi connectivity index (χ1) is 10.5. The number of piperidine rings is 1. The molecule has 1 aliphatic rings. The molecule has 1 heterocycles. The van der Waals surface area contributed by atoms with Crippen LogP contribution < -0.4 is 9.64 Å². The predicted molar refractivity (Wildman–Crippen MR) is 87.8 cm³/mol. The van der Waals surface area contributed by atoms with Crippen molar-refractivity contribution in [2.75, 3.05) is 45.2 Å². The van der Waals surface area contributed by atoms with Crippen molar-refractivity contribution in [3.05, 3.63) is 28.3 Å². The van der Waals surface area contributed by atoms with Crippen molar-refractivity contribution in [1.82, 2.24) is 4.90 Å². The van der Waals surface area contributed by atoms with E-state index in [0.717, 1.165) is 32.5 Å². The molecular weight excluding hydrogens is 282 g/mol. The van der Waals surface area contributed by atoms with E-state index in [2.05, 4.69) is 11.9 Å². The van der Waals surface area contributed by atoms with Crippen molar-refractivity contribution >= 4 is 11.4 Å². The van der Waals surface area contributed by atoms with Crippen LogP contribution in [0.15, 0.2) is 18.2 Å². The molecule has 0 bridgehead atoms. The Morgan fingerprint density at radius 1 is 1.41 bits per heavy atom. The molecule has 0 aromatic heterocycles. The van der Waals surface area contributed by atoms with E-state index in [1.807, 2.05) is 24.9 Å². The largest absolute Gasteiger partial charge is 0.487 e. The Labute approximate surface area is 131 Å². The molecule has 1 fully saturated rings. The van der Waals surface area contributed by atoms with E-state index >= 15 is 0 Å². The number of anilines is 1. The number of rotatable bonds is 6. The van der Waals surface area contributed by atoms with E-state index in [0.29, 0.717) is 24.0 Å². The van der Waals surface area contributed by atoms with Gasteiger partial charge in [-0.3, -0.25) is 10.1 Å². The first-order valence-corrected chi connectivity index (χ1v) is 7.82. The number of hydrogen-bond acceptors (Lipinski definition) is 5. The van der Waals surface area contributed by atoms with Gasteiger partial charge in [0.1, 0.15) is 5.69 Å². The first-order valence-electron chi connectivity index (χ1n) is 7.82. The van der Waals surface area contributed by atoms with Gasteiger partial charge >= 0.3 is 5.69 Å². The zero-order valence-corrected chi connectivity index (χ0v) is 13.6. The van der Waals surface area contributed by atoms with Gasteiger partial charge in [0.2, 0.25) is 0 Å². The van der Waals surface area contributed by atoms with Crippen molar-refractivity contribution < 1.29 is 9.66 Å². The van der Waals surface area contributed by atoms with Crippen molar-refractivity contribution in [2.24, 2.45) is 5.92 Å². The van der Waals surface area contributed by atoms with Crippen LogP contribution in [-0.4, -0.2) is 50.2 Å². The van der Waals surface area contributed by atoms with Crippen molar-refractivity contribution in [3.8, 4) is 5.75 Å². The Morgan fingerprint density at radius 2 is 2.09 bits per heavy atom. The molecule has 6 heteroatoms. The van der Waals surface area contributed by atoms with E-state index in [1.165, 1.54) is 0 Å². The minimum Gasteiger partial charge on any atom is -0.487 e. The van der Waals surface area contributed by atoms with Gasteiger partial charge in [-0.25, -0.2) is 0 Å². The summed E-state index contributed by atoms with van der Waals surface area (Å²) in [5.41, 5.74) is 0.703. The lowest BCUT2D eigenvalue weighted by molar-refractivity contribution is -0.385. The summed E-state index contributed by atoms with van der Waals surface area (Å²) >= 11 is 0.